The maximum Gasteiger partial charge on any atom is 0.269 e. The number of nitrogens with zero attached hydrogens (tertiary/aromatic N) is 3. The number of nitrogens with one attached hydrogen (secondary N) is 2. The summed E-state index contributed by atoms with van der Waals surface area (Å²) in [4.78, 5) is 12.7. The van der Waals surface area contributed by atoms with Crippen molar-refractivity contribution in [3.05, 3.63) is 53.0 Å². The molecule has 3 aromatic rings. The largest absolute Gasteiger partial charge is 0.497 e. The fourth-order valence-electron chi connectivity index (χ4n) is 3.20. The highest BCUT2D eigenvalue weighted by Gasteiger charge is 2.19. The van der Waals surface area contributed by atoms with Crippen molar-refractivity contribution in [2.45, 2.75) is 33.2 Å². The van der Waals surface area contributed by atoms with E-state index in [9.17, 15) is 4.79 Å². The molecule has 2 heterocycles. The minimum Gasteiger partial charge on any atom is -0.497 e. The number of H-pyrrole nitrogens is 1. The number of amides is 1. The molecule has 0 aliphatic carbocycles. The molecule has 0 radical (unpaired) electrons. The molecule has 1 atom stereocenters. The maximum absolute atomic E-state index is 12.7. The first-order valence-electron chi connectivity index (χ1n) is 8.95. The second-order valence-electron chi connectivity index (χ2n) is 6.54. The van der Waals surface area contributed by atoms with Crippen molar-refractivity contribution >= 4 is 5.91 Å². The van der Waals surface area contributed by atoms with Crippen molar-refractivity contribution in [3.8, 4) is 17.0 Å². The Hall–Kier alpha value is -3.09. The molecular weight excluding hydrogens is 342 g/mol. The van der Waals surface area contributed by atoms with Crippen LogP contribution in [-0.4, -0.2) is 33.0 Å². The minimum atomic E-state index is -0.185. The van der Waals surface area contributed by atoms with Crippen LogP contribution in [0.2, 0.25) is 0 Å². The molecule has 0 fully saturated rings. The van der Waals surface area contributed by atoms with E-state index in [0.29, 0.717) is 5.69 Å². The Morgan fingerprint density at radius 1 is 1.30 bits per heavy atom. The SMILES string of the molecule is CCC(NC(=O)c1cc(-c2c(C)nn(C)c2C)n[nH]1)c1ccc(OC)cc1. The molecule has 0 bridgehead atoms. The fourth-order valence-corrected chi connectivity index (χ4v) is 3.20. The topological polar surface area (TPSA) is 84.8 Å². The highest BCUT2D eigenvalue weighted by atomic mass is 16.5. The number of hydrogen-bond donors (Lipinski definition) is 2. The van der Waals surface area contributed by atoms with Crippen LogP contribution >= 0.6 is 0 Å². The van der Waals surface area contributed by atoms with Gasteiger partial charge in [-0.15, -0.1) is 0 Å². The third-order valence-electron chi connectivity index (χ3n) is 4.82. The molecule has 0 aliphatic heterocycles. The summed E-state index contributed by atoms with van der Waals surface area (Å²) < 4.78 is 7.01. The Morgan fingerprint density at radius 3 is 2.56 bits per heavy atom. The third kappa shape index (κ3) is 3.72. The Kier molecular flexibility index (Phi) is 5.30. The summed E-state index contributed by atoms with van der Waals surface area (Å²) in [7, 11) is 3.53. The average molecular weight is 367 g/mol. The van der Waals surface area contributed by atoms with Crippen LogP contribution in [0.15, 0.2) is 30.3 Å². The molecule has 2 N–H and O–H groups in total. The molecule has 2 aromatic heterocycles. The Balaban J connectivity index is 1.78. The second kappa shape index (κ2) is 7.65. The number of carbonyl (C=O) groups is 1. The molecule has 0 spiro atoms. The van der Waals surface area contributed by atoms with Gasteiger partial charge in [0.05, 0.1) is 24.5 Å². The van der Waals surface area contributed by atoms with Crippen LogP contribution in [0.25, 0.3) is 11.3 Å². The van der Waals surface area contributed by atoms with Gasteiger partial charge in [0.25, 0.3) is 5.91 Å². The van der Waals surface area contributed by atoms with Gasteiger partial charge in [-0.05, 0) is 44.0 Å². The van der Waals surface area contributed by atoms with Crippen molar-refractivity contribution in [1.82, 2.24) is 25.3 Å². The van der Waals surface area contributed by atoms with Crippen LogP contribution in [0.5, 0.6) is 5.75 Å². The zero-order chi connectivity index (χ0) is 19.6. The van der Waals surface area contributed by atoms with Crippen LogP contribution in [0, 0.1) is 13.8 Å². The molecule has 0 saturated carbocycles. The van der Waals surface area contributed by atoms with Crippen LogP contribution in [0.1, 0.15) is 46.8 Å². The molecule has 0 aliphatic rings. The number of methoxy groups -OCH3 is 1. The number of aromatic amines is 1. The lowest BCUT2D eigenvalue weighted by Gasteiger charge is -2.17. The van der Waals surface area contributed by atoms with Gasteiger partial charge in [-0.3, -0.25) is 14.6 Å². The van der Waals surface area contributed by atoms with Gasteiger partial charge in [0.15, 0.2) is 0 Å². The normalized spacial score (nSPS) is 12.0. The molecule has 1 aromatic carbocycles. The minimum absolute atomic E-state index is 0.0861. The number of carbonyl (C=O) groups excluding carboxylic acids is 1. The Morgan fingerprint density at radius 2 is 2.00 bits per heavy atom. The Labute approximate surface area is 158 Å². The number of rotatable bonds is 6. The van der Waals surface area contributed by atoms with Gasteiger partial charge < -0.3 is 10.1 Å². The fraction of sp³-hybridized carbons (Fsp3) is 0.350. The van der Waals surface area contributed by atoms with Crippen molar-refractivity contribution in [2.24, 2.45) is 7.05 Å². The van der Waals surface area contributed by atoms with E-state index in [1.54, 1.807) is 13.2 Å². The molecule has 27 heavy (non-hydrogen) atoms. The predicted octanol–water partition coefficient (Wildman–Crippen LogP) is 3.32. The first-order valence-corrected chi connectivity index (χ1v) is 8.95. The summed E-state index contributed by atoms with van der Waals surface area (Å²) in [6.07, 6.45) is 0.778. The summed E-state index contributed by atoms with van der Waals surface area (Å²) in [5, 5.41) is 14.6. The number of hydrogen-bond acceptors (Lipinski definition) is 4. The summed E-state index contributed by atoms with van der Waals surface area (Å²) in [6, 6.07) is 9.41. The van der Waals surface area contributed by atoms with Gasteiger partial charge in [0.2, 0.25) is 0 Å². The zero-order valence-electron chi connectivity index (χ0n) is 16.3. The standard InChI is InChI=1S/C20H25N5O2/c1-6-16(14-7-9-15(27-5)10-8-14)21-20(26)18-11-17(22-23-18)19-12(2)24-25(4)13(19)3/h7-11,16H,6H2,1-5H3,(H,21,26)(H,22,23). The van der Waals surface area contributed by atoms with Crippen molar-refractivity contribution in [2.75, 3.05) is 7.11 Å². The monoisotopic (exact) mass is 367 g/mol. The number of ether oxygens (including phenoxy) is 1. The van der Waals surface area contributed by atoms with E-state index in [0.717, 1.165) is 40.4 Å². The van der Waals surface area contributed by atoms with E-state index in [2.05, 4.69) is 20.6 Å². The number of aromatic nitrogens is 4. The van der Waals surface area contributed by atoms with Gasteiger partial charge in [0.1, 0.15) is 11.4 Å². The quantitative estimate of drug-likeness (QED) is 0.700. The average Bonchev–Trinajstić information content (AvgIpc) is 3.24. The van der Waals surface area contributed by atoms with Gasteiger partial charge >= 0.3 is 0 Å². The lowest BCUT2D eigenvalue weighted by molar-refractivity contribution is 0.0930. The second-order valence-corrected chi connectivity index (χ2v) is 6.54. The van der Waals surface area contributed by atoms with Gasteiger partial charge in [-0.2, -0.15) is 10.2 Å². The van der Waals surface area contributed by atoms with E-state index in [1.165, 1.54) is 0 Å². The maximum atomic E-state index is 12.7. The molecule has 0 saturated heterocycles. The zero-order valence-corrected chi connectivity index (χ0v) is 16.3. The molecule has 1 amide bonds. The predicted molar refractivity (Wildman–Crippen MR) is 104 cm³/mol. The van der Waals surface area contributed by atoms with E-state index < -0.39 is 0 Å². The highest BCUT2D eigenvalue weighted by molar-refractivity contribution is 5.93. The van der Waals surface area contributed by atoms with Gasteiger partial charge in [0, 0.05) is 18.3 Å². The lowest BCUT2D eigenvalue weighted by atomic mass is 10.0. The molecule has 7 nitrogen and oxygen atoms in total. The summed E-state index contributed by atoms with van der Waals surface area (Å²) in [5.41, 5.74) is 5.04. The first-order chi connectivity index (χ1) is 12.9. The highest BCUT2D eigenvalue weighted by Crippen LogP contribution is 2.26. The van der Waals surface area contributed by atoms with Crippen LogP contribution < -0.4 is 10.1 Å². The van der Waals surface area contributed by atoms with Crippen molar-refractivity contribution < 1.29 is 9.53 Å². The van der Waals surface area contributed by atoms with Crippen molar-refractivity contribution in [3.63, 3.8) is 0 Å². The van der Waals surface area contributed by atoms with Crippen LogP contribution in [-0.2, 0) is 7.05 Å². The van der Waals surface area contributed by atoms with Gasteiger partial charge in [-0.1, -0.05) is 19.1 Å². The molecular formula is C20H25N5O2. The smallest absolute Gasteiger partial charge is 0.269 e. The summed E-state index contributed by atoms with van der Waals surface area (Å²) >= 11 is 0. The number of aryl methyl sites for hydroxylation is 2. The van der Waals surface area contributed by atoms with Crippen molar-refractivity contribution in [1.29, 1.82) is 0 Å². The lowest BCUT2D eigenvalue weighted by Crippen LogP contribution is -2.28. The molecule has 7 heteroatoms. The Bertz CT molecular complexity index is 940. The van der Waals surface area contributed by atoms with E-state index in [4.69, 9.17) is 4.74 Å². The molecule has 142 valence electrons. The third-order valence-corrected chi connectivity index (χ3v) is 4.82. The molecule has 1 unspecified atom stereocenters. The van der Waals surface area contributed by atoms with E-state index in [1.807, 2.05) is 56.8 Å². The van der Waals surface area contributed by atoms with E-state index in [-0.39, 0.29) is 11.9 Å². The molecule has 3 rings (SSSR count). The first kappa shape index (κ1) is 18.7. The van der Waals surface area contributed by atoms with E-state index >= 15 is 0 Å². The van der Waals surface area contributed by atoms with Crippen LogP contribution in [0.4, 0.5) is 0 Å². The summed E-state index contributed by atoms with van der Waals surface area (Å²) in [6.45, 7) is 5.96. The van der Waals surface area contributed by atoms with Gasteiger partial charge in [-0.25, -0.2) is 0 Å². The summed E-state index contributed by atoms with van der Waals surface area (Å²) in [5.74, 6) is 0.607. The number of benzene rings is 1. The van der Waals surface area contributed by atoms with Crippen LogP contribution in [0.3, 0.4) is 0 Å².